The zero-order chi connectivity index (χ0) is 26.9. The van der Waals surface area contributed by atoms with Crippen LogP contribution in [0.25, 0.3) is 6.08 Å². The van der Waals surface area contributed by atoms with E-state index in [1.165, 1.54) is 18.2 Å². The van der Waals surface area contributed by atoms with Gasteiger partial charge in [0.1, 0.15) is 42.2 Å². The molecule has 4 aromatic carbocycles. The van der Waals surface area contributed by atoms with E-state index in [0.29, 0.717) is 34.4 Å². The van der Waals surface area contributed by atoms with Crippen LogP contribution in [-0.2, 0) is 18.0 Å². The van der Waals surface area contributed by atoms with Crippen molar-refractivity contribution in [2.45, 2.75) is 13.2 Å². The molecule has 4 rings (SSSR count). The number of nitrogens with zero attached hydrogens (tertiary/aromatic N) is 1. The van der Waals surface area contributed by atoms with Gasteiger partial charge in [-0.3, -0.25) is 4.79 Å². The minimum atomic E-state index is -0.583. The third-order valence-corrected chi connectivity index (χ3v) is 6.14. The van der Waals surface area contributed by atoms with Crippen molar-refractivity contribution < 1.29 is 18.7 Å². The first-order valence-corrected chi connectivity index (χ1v) is 12.6. The van der Waals surface area contributed by atoms with Crippen molar-refractivity contribution in [3.63, 3.8) is 0 Å². The van der Waals surface area contributed by atoms with E-state index in [0.717, 1.165) is 15.6 Å². The third-order valence-electron chi connectivity index (χ3n) is 5.38. The summed E-state index contributed by atoms with van der Waals surface area (Å²) in [5.74, 6) is 0.146. The number of amides is 1. The number of halogens is 3. The van der Waals surface area contributed by atoms with Gasteiger partial charge in [0.05, 0.1) is 0 Å². The van der Waals surface area contributed by atoms with Crippen LogP contribution in [0.4, 0.5) is 10.1 Å². The molecule has 0 fully saturated rings. The van der Waals surface area contributed by atoms with Crippen LogP contribution in [0, 0.1) is 17.1 Å². The van der Waals surface area contributed by atoms with Gasteiger partial charge in [-0.1, -0.05) is 51.8 Å². The highest BCUT2D eigenvalue weighted by Gasteiger charge is 2.13. The van der Waals surface area contributed by atoms with Crippen LogP contribution in [0.1, 0.15) is 16.7 Å². The summed E-state index contributed by atoms with van der Waals surface area (Å²) in [6.45, 7) is 0.582. The summed E-state index contributed by atoms with van der Waals surface area (Å²) in [6.07, 6.45) is 1.41. The molecule has 4 aromatic rings. The SMILES string of the molecule is N#C/C(=C\c1cc(Cl)ccc1OCc1ccc(F)cc1)C(=O)Nc1ccc(OCc2ccc(Br)cc2)cc1. The molecule has 0 unspecified atom stereocenters. The van der Waals surface area contributed by atoms with Crippen LogP contribution >= 0.6 is 27.5 Å². The van der Waals surface area contributed by atoms with Crippen molar-refractivity contribution >= 4 is 45.2 Å². The van der Waals surface area contributed by atoms with E-state index in [1.54, 1.807) is 54.6 Å². The summed E-state index contributed by atoms with van der Waals surface area (Å²) in [5.41, 5.74) is 2.62. The zero-order valence-corrected chi connectivity index (χ0v) is 22.3. The number of anilines is 1. The average Bonchev–Trinajstić information content (AvgIpc) is 2.92. The van der Waals surface area contributed by atoms with Gasteiger partial charge in [-0.2, -0.15) is 5.26 Å². The first-order chi connectivity index (χ1) is 18.4. The predicted molar refractivity (Wildman–Crippen MR) is 149 cm³/mol. The van der Waals surface area contributed by atoms with Crippen LogP contribution in [0.3, 0.4) is 0 Å². The molecule has 1 N–H and O–H groups in total. The molecule has 0 aromatic heterocycles. The van der Waals surface area contributed by atoms with E-state index in [1.807, 2.05) is 30.3 Å². The Morgan fingerprint density at radius 1 is 0.921 bits per heavy atom. The number of ether oxygens (including phenoxy) is 2. The molecule has 190 valence electrons. The fraction of sp³-hybridized carbons (Fsp3) is 0.0667. The quantitative estimate of drug-likeness (QED) is 0.158. The molecule has 0 spiro atoms. The molecule has 0 aliphatic rings. The van der Waals surface area contributed by atoms with Gasteiger partial charge in [-0.25, -0.2) is 4.39 Å². The van der Waals surface area contributed by atoms with Gasteiger partial charge in [0.15, 0.2) is 0 Å². The lowest BCUT2D eigenvalue weighted by Crippen LogP contribution is -2.13. The number of nitriles is 1. The van der Waals surface area contributed by atoms with Crippen LogP contribution in [0.2, 0.25) is 5.02 Å². The summed E-state index contributed by atoms with van der Waals surface area (Å²) < 4.78 is 25.8. The molecule has 0 saturated heterocycles. The van der Waals surface area contributed by atoms with E-state index in [4.69, 9.17) is 21.1 Å². The molecule has 0 atom stereocenters. The Hall–Kier alpha value is -4.12. The summed E-state index contributed by atoms with van der Waals surface area (Å²) in [5, 5.41) is 12.8. The van der Waals surface area contributed by atoms with E-state index >= 15 is 0 Å². The van der Waals surface area contributed by atoms with Crippen molar-refractivity contribution in [1.29, 1.82) is 5.26 Å². The highest BCUT2D eigenvalue weighted by atomic mass is 79.9. The molecule has 0 saturated carbocycles. The highest BCUT2D eigenvalue weighted by Crippen LogP contribution is 2.27. The standard InChI is InChI=1S/C30H21BrClFN2O3/c31-24-5-1-20(2-6-24)18-37-28-12-10-27(11-13-28)35-30(36)23(17-34)15-22-16-25(32)7-14-29(22)38-19-21-3-8-26(33)9-4-21/h1-16H,18-19H2,(H,35,36)/b23-15+. The van der Waals surface area contributed by atoms with Crippen LogP contribution in [0.5, 0.6) is 11.5 Å². The lowest BCUT2D eigenvalue weighted by atomic mass is 10.1. The maximum absolute atomic E-state index is 13.2. The van der Waals surface area contributed by atoms with E-state index in [-0.39, 0.29) is 18.0 Å². The summed E-state index contributed by atoms with van der Waals surface area (Å²) in [6, 6.07) is 27.4. The molecule has 0 aliphatic heterocycles. The van der Waals surface area contributed by atoms with E-state index in [2.05, 4.69) is 21.2 Å². The normalized spacial score (nSPS) is 10.9. The highest BCUT2D eigenvalue weighted by molar-refractivity contribution is 9.10. The minimum Gasteiger partial charge on any atom is -0.489 e. The first-order valence-electron chi connectivity index (χ1n) is 11.5. The molecular weight excluding hydrogens is 571 g/mol. The largest absolute Gasteiger partial charge is 0.489 e. The lowest BCUT2D eigenvalue weighted by molar-refractivity contribution is -0.112. The number of carbonyl (C=O) groups is 1. The van der Waals surface area contributed by atoms with E-state index in [9.17, 15) is 14.4 Å². The molecule has 0 aliphatic carbocycles. The topological polar surface area (TPSA) is 71.3 Å². The Bertz CT molecular complexity index is 1480. The van der Waals surface area contributed by atoms with Crippen molar-refractivity contribution in [3.05, 3.63) is 129 Å². The lowest BCUT2D eigenvalue weighted by Gasteiger charge is -2.11. The Morgan fingerprint density at radius 3 is 2.21 bits per heavy atom. The third kappa shape index (κ3) is 7.69. The van der Waals surface area contributed by atoms with Gasteiger partial charge in [0.25, 0.3) is 5.91 Å². The fourth-order valence-corrected chi connectivity index (χ4v) is 3.83. The van der Waals surface area contributed by atoms with Crippen LogP contribution in [-0.4, -0.2) is 5.91 Å². The maximum Gasteiger partial charge on any atom is 0.266 e. The van der Waals surface area contributed by atoms with Gasteiger partial charge in [0.2, 0.25) is 0 Å². The van der Waals surface area contributed by atoms with Gasteiger partial charge in [0, 0.05) is 20.7 Å². The summed E-state index contributed by atoms with van der Waals surface area (Å²) in [4.78, 5) is 12.8. The Balaban J connectivity index is 1.41. The predicted octanol–water partition coefficient (Wildman–Crippen LogP) is 7.95. The number of carbonyl (C=O) groups excluding carboxylic acids is 1. The van der Waals surface area contributed by atoms with Gasteiger partial charge in [-0.05, 0) is 83.9 Å². The van der Waals surface area contributed by atoms with Crippen LogP contribution < -0.4 is 14.8 Å². The van der Waals surface area contributed by atoms with Crippen LogP contribution in [0.15, 0.2) is 101 Å². The van der Waals surface area contributed by atoms with Gasteiger partial charge >= 0.3 is 0 Å². The number of hydrogen-bond donors (Lipinski definition) is 1. The molecule has 1 amide bonds. The first kappa shape index (κ1) is 26.9. The number of benzene rings is 4. The van der Waals surface area contributed by atoms with Crippen molar-refractivity contribution in [2.75, 3.05) is 5.32 Å². The smallest absolute Gasteiger partial charge is 0.266 e. The fourth-order valence-electron chi connectivity index (χ4n) is 3.39. The van der Waals surface area contributed by atoms with Gasteiger partial charge in [-0.15, -0.1) is 0 Å². The number of hydrogen-bond acceptors (Lipinski definition) is 4. The maximum atomic E-state index is 13.2. The minimum absolute atomic E-state index is 0.130. The summed E-state index contributed by atoms with van der Waals surface area (Å²) in [7, 11) is 0. The molecular formula is C30H21BrClFN2O3. The zero-order valence-electron chi connectivity index (χ0n) is 20.0. The molecule has 0 heterocycles. The van der Waals surface area contributed by atoms with Crippen molar-refractivity contribution in [3.8, 4) is 17.6 Å². The second-order valence-electron chi connectivity index (χ2n) is 8.16. The molecule has 8 heteroatoms. The Morgan fingerprint density at radius 2 is 1.55 bits per heavy atom. The molecule has 38 heavy (non-hydrogen) atoms. The Kier molecular flexibility index (Phi) is 9.15. The molecule has 0 radical (unpaired) electrons. The Labute approximate surface area is 233 Å². The van der Waals surface area contributed by atoms with Crippen molar-refractivity contribution in [1.82, 2.24) is 0 Å². The van der Waals surface area contributed by atoms with Crippen molar-refractivity contribution in [2.24, 2.45) is 0 Å². The van der Waals surface area contributed by atoms with Gasteiger partial charge < -0.3 is 14.8 Å². The average molecular weight is 592 g/mol. The van der Waals surface area contributed by atoms with E-state index < -0.39 is 5.91 Å². The molecule has 0 bridgehead atoms. The number of nitrogens with one attached hydrogen (secondary N) is 1. The second kappa shape index (κ2) is 12.9. The monoisotopic (exact) mass is 590 g/mol. The summed E-state index contributed by atoms with van der Waals surface area (Å²) >= 11 is 9.55. The second-order valence-corrected chi connectivity index (χ2v) is 9.51. The number of rotatable bonds is 9. The molecule has 5 nitrogen and oxygen atoms in total.